The van der Waals surface area contributed by atoms with E-state index in [0.717, 1.165) is 39.4 Å². The van der Waals surface area contributed by atoms with Crippen molar-refractivity contribution in [2.45, 2.75) is 6.54 Å². The molecule has 2 aromatic heterocycles. The molecule has 0 bridgehead atoms. The fourth-order valence-electron chi connectivity index (χ4n) is 4.53. The van der Waals surface area contributed by atoms with Gasteiger partial charge in [-0.15, -0.1) is 0 Å². The zero-order valence-corrected chi connectivity index (χ0v) is 18.7. The number of fused-ring (bicyclic) bond motifs is 1. The number of hydrogen-bond donors (Lipinski definition) is 0. The number of pyridine rings is 1. The van der Waals surface area contributed by atoms with Gasteiger partial charge in [0.15, 0.2) is 18.9 Å². The molecule has 0 N–H and O–H groups in total. The molecule has 0 unspecified atom stereocenters. The van der Waals surface area contributed by atoms with Gasteiger partial charge in [-0.1, -0.05) is 60.7 Å². The first kappa shape index (κ1) is 20.7. The molecule has 162 valence electrons. The van der Waals surface area contributed by atoms with Crippen LogP contribution in [-0.2, 0) is 18.3 Å². The predicted molar refractivity (Wildman–Crippen MR) is 131 cm³/mol. The number of aromatic nitrogens is 2. The van der Waals surface area contributed by atoms with Gasteiger partial charge in [-0.25, -0.2) is 4.57 Å². The summed E-state index contributed by atoms with van der Waals surface area (Å²) in [5, 5.41) is 1.28. The maximum absolute atomic E-state index is 5.44. The Morgan fingerprint density at radius 2 is 1.59 bits per heavy atom. The van der Waals surface area contributed by atoms with Crippen LogP contribution in [0, 0.1) is 0 Å². The Hall–Kier alpha value is -3.21. The van der Waals surface area contributed by atoms with E-state index in [4.69, 9.17) is 4.74 Å². The molecule has 0 spiro atoms. The highest BCUT2D eigenvalue weighted by Crippen LogP contribution is 2.34. The quantitative estimate of drug-likeness (QED) is 0.421. The van der Waals surface area contributed by atoms with Crippen molar-refractivity contribution in [2.75, 3.05) is 32.8 Å². The zero-order valence-electron chi connectivity index (χ0n) is 18.7. The molecule has 3 heterocycles. The molecule has 0 amide bonds. The number of nitrogens with zero attached hydrogens (tertiary/aromatic N) is 3. The van der Waals surface area contributed by atoms with E-state index in [1.807, 2.05) is 0 Å². The van der Waals surface area contributed by atoms with E-state index >= 15 is 0 Å². The van der Waals surface area contributed by atoms with Crippen LogP contribution in [0.1, 0.15) is 11.1 Å². The van der Waals surface area contributed by atoms with E-state index in [1.54, 1.807) is 0 Å². The van der Waals surface area contributed by atoms with Crippen molar-refractivity contribution < 1.29 is 9.30 Å². The lowest BCUT2D eigenvalue weighted by molar-refractivity contribution is -0.696. The predicted octanol–water partition coefficient (Wildman–Crippen LogP) is 4.64. The largest absolute Gasteiger partial charge is 0.379 e. The van der Waals surface area contributed by atoms with Crippen LogP contribution < -0.4 is 4.57 Å². The van der Waals surface area contributed by atoms with Crippen LogP contribution in [0.4, 0.5) is 0 Å². The fourth-order valence-corrected chi connectivity index (χ4v) is 4.53. The van der Waals surface area contributed by atoms with Crippen LogP contribution in [-0.4, -0.2) is 42.3 Å². The maximum Gasteiger partial charge on any atom is 0.169 e. The Bertz CT molecular complexity index is 1200. The first-order valence-corrected chi connectivity index (χ1v) is 11.4. The highest BCUT2D eigenvalue weighted by atomic mass is 16.5. The van der Waals surface area contributed by atoms with Crippen LogP contribution in [0.25, 0.3) is 34.3 Å². The van der Waals surface area contributed by atoms with Gasteiger partial charge >= 0.3 is 0 Å². The molecule has 1 aliphatic heterocycles. The van der Waals surface area contributed by atoms with Crippen LogP contribution in [0.5, 0.6) is 0 Å². The standard InChI is InChI=1S/C28H30N3O/c1-29-27-10-6-5-9-25(27)26(28(29)24-7-3-2-4-8-24)12-11-23-13-15-30(16-14-23)17-18-31-19-21-32-22-20-31/h2-16H,17-22H2,1H3/q+1. The van der Waals surface area contributed by atoms with Crippen molar-refractivity contribution in [3.05, 3.63) is 90.3 Å². The van der Waals surface area contributed by atoms with E-state index < -0.39 is 0 Å². The highest BCUT2D eigenvalue weighted by molar-refractivity contribution is 5.99. The van der Waals surface area contributed by atoms with Gasteiger partial charge in [0.05, 0.1) is 25.5 Å². The molecule has 1 aliphatic rings. The average molecular weight is 425 g/mol. The van der Waals surface area contributed by atoms with E-state index in [-0.39, 0.29) is 0 Å². The average Bonchev–Trinajstić information content (AvgIpc) is 3.15. The number of rotatable bonds is 6. The second-order valence-corrected chi connectivity index (χ2v) is 8.36. The van der Waals surface area contributed by atoms with Gasteiger partial charge in [-0.2, -0.15) is 0 Å². The number of morpholine rings is 1. The molecule has 1 fully saturated rings. The summed E-state index contributed by atoms with van der Waals surface area (Å²) in [6.07, 6.45) is 8.85. The monoisotopic (exact) mass is 424 g/mol. The summed E-state index contributed by atoms with van der Waals surface area (Å²) in [4.78, 5) is 2.47. The Morgan fingerprint density at radius 1 is 0.875 bits per heavy atom. The molecule has 0 radical (unpaired) electrons. The van der Waals surface area contributed by atoms with Crippen LogP contribution in [0.2, 0.25) is 0 Å². The van der Waals surface area contributed by atoms with Gasteiger partial charge in [0.25, 0.3) is 0 Å². The Kier molecular flexibility index (Phi) is 6.15. The number of benzene rings is 2. The first-order chi connectivity index (χ1) is 15.8. The van der Waals surface area contributed by atoms with Crippen molar-refractivity contribution in [1.82, 2.24) is 9.47 Å². The fraction of sp³-hybridized carbons (Fsp3) is 0.250. The summed E-state index contributed by atoms with van der Waals surface area (Å²) < 4.78 is 10.0. The lowest BCUT2D eigenvalue weighted by atomic mass is 10.0. The lowest BCUT2D eigenvalue weighted by Gasteiger charge is -2.25. The van der Waals surface area contributed by atoms with E-state index in [1.165, 1.54) is 33.3 Å². The zero-order chi connectivity index (χ0) is 21.8. The minimum atomic E-state index is 0.855. The highest BCUT2D eigenvalue weighted by Gasteiger charge is 2.15. The van der Waals surface area contributed by atoms with Gasteiger partial charge in [0, 0.05) is 48.7 Å². The topological polar surface area (TPSA) is 21.3 Å². The van der Waals surface area contributed by atoms with Crippen LogP contribution in [0.3, 0.4) is 0 Å². The van der Waals surface area contributed by atoms with Gasteiger partial charge in [0.2, 0.25) is 0 Å². The summed E-state index contributed by atoms with van der Waals surface area (Å²) in [6.45, 7) is 5.86. The Balaban J connectivity index is 1.39. The summed E-state index contributed by atoms with van der Waals surface area (Å²) >= 11 is 0. The molecular weight excluding hydrogens is 394 g/mol. The van der Waals surface area contributed by atoms with Gasteiger partial charge < -0.3 is 9.30 Å². The third-order valence-electron chi connectivity index (χ3n) is 6.33. The van der Waals surface area contributed by atoms with Gasteiger partial charge in [-0.05, 0) is 17.2 Å². The maximum atomic E-state index is 5.44. The van der Waals surface area contributed by atoms with Crippen LogP contribution in [0.15, 0.2) is 79.1 Å². The molecule has 1 saturated heterocycles. The van der Waals surface area contributed by atoms with Gasteiger partial charge in [-0.3, -0.25) is 4.90 Å². The Labute approximate surface area is 190 Å². The third-order valence-corrected chi connectivity index (χ3v) is 6.33. The van der Waals surface area contributed by atoms with Gasteiger partial charge in [0.1, 0.15) is 0 Å². The smallest absolute Gasteiger partial charge is 0.169 e. The van der Waals surface area contributed by atoms with Crippen molar-refractivity contribution in [1.29, 1.82) is 0 Å². The summed E-state index contributed by atoms with van der Waals surface area (Å²) in [5.74, 6) is 0. The SMILES string of the molecule is Cn1c(-c2ccccc2)c(C=Cc2cc[n+](CCN3CCOCC3)cc2)c2ccccc21. The Morgan fingerprint density at radius 3 is 2.38 bits per heavy atom. The van der Waals surface area contributed by atoms with Crippen LogP contribution >= 0.6 is 0 Å². The molecule has 4 heteroatoms. The third kappa shape index (κ3) is 4.38. The summed E-state index contributed by atoms with van der Waals surface area (Å²) in [5.41, 5.74) is 6.21. The lowest BCUT2D eigenvalue weighted by Crippen LogP contribution is -2.44. The second-order valence-electron chi connectivity index (χ2n) is 8.36. The first-order valence-electron chi connectivity index (χ1n) is 11.4. The normalized spacial score (nSPS) is 15.0. The molecule has 2 aromatic carbocycles. The molecule has 32 heavy (non-hydrogen) atoms. The molecule has 0 atom stereocenters. The molecule has 4 nitrogen and oxygen atoms in total. The van der Waals surface area contributed by atoms with Crippen molar-refractivity contribution in [2.24, 2.45) is 7.05 Å². The minimum Gasteiger partial charge on any atom is -0.379 e. The molecule has 5 rings (SSSR count). The van der Waals surface area contributed by atoms with E-state index in [0.29, 0.717) is 0 Å². The van der Waals surface area contributed by atoms with E-state index in [2.05, 4.69) is 112 Å². The molecule has 0 saturated carbocycles. The number of hydrogen-bond acceptors (Lipinski definition) is 2. The van der Waals surface area contributed by atoms with Crippen molar-refractivity contribution >= 4 is 23.1 Å². The molecular formula is C28H30N3O+. The van der Waals surface area contributed by atoms with Crippen molar-refractivity contribution in [3.8, 4) is 11.3 Å². The van der Waals surface area contributed by atoms with Crippen molar-refractivity contribution in [3.63, 3.8) is 0 Å². The number of ether oxygens (including phenoxy) is 1. The number of para-hydroxylation sites is 1. The molecule has 0 aliphatic carbocycles. The second kappa shape index (κ2) is 9.51. The molecule has 4 aromatic rings. The number of aryl methyl sites for hydroxylation is 1. The minimum absolute atomic E-state index is 0.855. The van der Waals surface area contributed by atoms with E-state index in [9.17, 15) is 0 Å². The summed E-state index contributed by atoms with van der Waals surface area (Å²) in [7, 11) is 2.15. The summed E-state index contributed by atoms with van der Waals surface area (Å²) in [6, 6.07) is 23.7.